The molecule has 4 nitrogen and oxygen atoms in total. The highest BCUT2D eigenvalue weighted by Crippen LogP contribution is 2.68. The van der Waals surface area contributed by atoms with Crippen molar-refractivity contribution in [3.8, 4) is 0 Å². The molecular weight excluding hydrogens is 424 g/mol. The Hall–Kier alpha value is -1.16. The fraction of sp³-hybridized carbons (Fsp3) is 0.867. The number of allylic oxidation sites excluding steroid dienone is 1. The Morgan fingerprint density at radius 1 is 1.09 bits per heavy atom. The van der Waals surface area contributed by atoms with Crippen molar-refractivity contribution in [3.63, 3.8) is 0 Å². The summed E-state index contributed by atoms with van der Waals surface area (Å²) in [5.74, 6) is 2.40. The van der Waals surface area contributed by atoms with Crippen LogP contribution in [-0.2, 0) is 9.59 Å². The van der Waals surface area contributed by atoms with Crippen molar-refractivity contribution in [1.29, 1.82) is 0 Å². The van der Waals surface area contributed by atoms with Crippen molar-refractivity contribution in [2.45, 2.75) is 106 Å². The SMILES string of the molecule is CC(C)C(C)C1(C)CC1C(C)C1CCC(C2CC=C3CC(O)CCC3(C)C2=O)C1(C)CC(=O)O. The minimum atomic E-state index is -0.729. The molecular formula is C30H48O4. The fourth-order valence-corrected chi connectivity index (χ4v) is 9.09. The molecule has 10 atom stereocenters. The van der Waals surface area contributed by atoms with Gasteiger partial charge in [0.2, 0.25) is 0 Å². The number of hydrogen-bond donors (Lipinski definition) is 2. The van der Waals surface area contributed by atoms with E-state index in [-0.39, 0.29) is 29.8 Å². The Balaban J connectivity index is 1.60. The number of ketones is 1. The Labute approximate surface area is 207 Å². The molecule has 34 heavy (non-hydrogen) atoms. The predicted molar refractivity (Wildman–Crippen MR) is 135 cm³/mol. The quantitative estimate of drug-likeness (QED) is 0.414. The molecule has 0 aromatic heterocycles. The highest BCUT2D eigenvalue weighted by molar-refractivity contribution is 5.91. The zero-order chi connectivity index (χ0) is 25.2. The summed E-state index contributed by atoms with van der Waals surface area (Å²) in [7, 11) is 0. The second kappa shape index (κ2) is 8.75. The molecule has 0 amide bonds. The highest BCUT2D eigenvalue weighted by Gasteiger charge is 2.62. The fourth-order valence-electron chi connectivity index (χ4n) is 9.09. The maximum absolute atomic E-state index is 14.0. The maximum Gasteiger partial charge on any atom is 0.303 e. The number of carboxylic acid groups (broad SMARTS) is 1. The van der Waals surface area contributed by atoms with Crippen LogP contribution < -0.4 is 0 Å². The number of Topliss-reactive ketones (excluding diaryl/α,β-unsaturated/α-hetero) is 1. The van der Waals surface area contributed by atoms with Crippen LogP contribution in [0.4, 0.5) is 0 Å². The lowest BCUT2D eigenvalue weighted by Gasteiger charge is -2.47. The molecule has 4 aliphatic rings. The number of carboxylic acids is 1. The van der Waals surface area contributed by atoms with Crippen LogP contribution in [-0.4, -0.2) is 28.1 Å². The van der Waals surface area contributed by atoms with Crippen LogP contribution >= 0.6 is 0 Å². The normalized spacial score (nSPS) is 46.1. The molecule has 0 aromatic rings. The van der Waals surface area contributed by atoms with Crippen molar-refractivity contribution in [3.05, 3.63) is 11.6 Å². The monoisotopic (exact) mass is 472 g/mol. The summed E-state index contributed by atoms with van der Waals surface area (Å²) >= 11 is 0. The van der Waals surface area contributed by atoms with Gasteiger partial charge in [-0.1, -0.05) is 53.2 Å². The van der Waals surface area contributed by atoms with Crippen LogP contribution in [0.1, 0.15) is 99.8 Å². The standard InChI is InChI=1S/C30H48O4/c1-17(2)19(4)29(6)15-25(29)18(3)23-10-11-24(30(23,7)16-26(32)33)22-9-8-20-14-21(31)12-13-28(20,5)27(22)34/h8,17-19,21-25,31H,9-16H2,1-7H3,(H,32,33). The van der Waals surface area contributed by atoms with E-state index in [0.717, 1.165) is 18.4 Å². The number of aliphatic carboxylic acids is 1. The Morgan fingerprint density at radius 3 is 2.38 bits per heavy atom. The molecule has 3 saturated carbocycles. The summed E-state index contributed by atoms with van der Waals surface area (Å²) in [6, 6.07) is 0. The van der Waals surface area contributed by atoms with E-state index in [0.29, 0.717) is 66.5 Å². The van der Waals surface area contributed by atoms with Gasteiger partial charge in [-0.25, -0.2) is 0 Å². The van der Waals surface area contributed by atoms with Gasteiger partial charge in [-0.3, -0.25) is 9.59 Å². The van der Waals surface area contributed by atoms with E-state index in [1.807, 2.05) is 0 Å². The van der Waals surface area contributed by atoms with Gasteiger partial charge in [-0.15, -0.1) is 0 Å². The second-order valence-electron chi connectivity index (χ2n) is 13.7. The number of carbonyl (C=O) groups is 2. The van der Waals surface area contributed by atoms with Gasteiger partial charge >= 0.3 is 5.97 Å². The lowest BCUT2D eigenvalue weighted by atomic mass is 9.55. The van der Waals surface area contributed by atoms with E-state index in [1.54, 1.807) is 0 Å². The average molecular weight is 473 g/mol. The first kappa shape index (κ1) is 25.9. The molecule has 10 unspecified atom stereocenters. The molecule has 4 heteroatoms. The van der Waals surface area contributed by atoms with E-state index in [4.69, 9.17) is 0 Å². The molecule has 4 rings (SSSR count). The van der Waals surface area contributed by atoms with Gasteiger partial charge in [0.1, 0.15) is 5.78 Å². The minimum Gasteiger partial charge on any atom is -0.481 e. The molecule has 192 valence electrons. The van der Waals surface area contributed by atoms with Crippen LogP contribution in [0.15, 0.2) is 11.6 Å². The molecule has 3 fully saturated rings. The highest BCUT2D eigenvalue weighted by atomic mass is 16.4. The van der Waals surface area contributed by atoms with Crippen LogP contribution in [0.3, 0.4) is 0 Å². The summed E-state index contributed by atoms with van der Waals surface area (Å²) in [5, 5.41) is 20.1. The lowest BCUT2D eigenvalue weighted by molar-refractivity contribution is -0.145. The zero-order valence-corrected chi connectivity index (χ0v) is 22.6. The lowest BCUT2D eigenvalue weighted by Crippen LogP contribution is -2.48. The van der Waals surface area contributed by atoms with Crippen molar-refractivity contribution in [2.24, 2.45) is 57.7 Å². The van der Waals surface area contributed by atoms with E-state index in [1.165, 1.54) is 6.42 Å². The third kappa shape index (κ3) is 4.00. The average Bonchev–Trinajstić information content (AvgIpc) is 3.34. The second-order valence-corrected chi connectivity index (χ2v) is 13.7. The first-order valence-corrected chi connectivity index (χ1v) is 13.9. The molecule has 0 heterocycles. The van der Waals surface area contributed by atoms with Gasteiger partial charge in [0.25, 0.3) is 0 Å². The van der Waals surface area contributed by atoms with Gasteiger partial charge in [0, 0.05) is 11.3 Å². The Bertz CT molecular complexity index is 860. The van der Waals surface area contributed by atoms with Crippen molar-refractivity contribution < 1.29 is 19.8 Å². The molecule has 0 saturated heterocycles. The predicted octanol–water partition coefficient (Wildman–Crippen LogP) is 6.51. The van der Waals surface area contributed by atoms with Crippen LogP contribution in [0.5, 0.6) is 0 Å². The minimum absolute atomic E-state index is 0.0919. The topological polar surface area (TPSA) is 74.6 Å². The summed E-state index contributed by atoms with van der Waals surface area (Å²) in [5.41, 5.74) is 0.639. The van der Waals surface area contributed by atoms with Gasteiger partial charge in [-0.2, -0.15) is 0 Å². The molecule has 0 aliphatic heterocycles. The van der Waals surface area contributed by atoms with Crippen LogP contribution in [0, 0.1) is 57.7 Å². The van der Waals surface area contributed by atoms with Crippen LogP contribution in [0.25, 0.3) is 0 Å². The first-order chi connectivity index (χ1) is 15.8. The maximum atomic E-state index is 14.0. The molecule has 0 bridgehead atoms. The van der Waals surface area contributed by atoms with Crippen LogP contribution in [0.2, 0.25) is 0 Å². The van der Waals surface area contributed by atoms with Crippen molar-refractivity contribution in [2.75, 3.05) is 0 Å². The molecule has 0 spiro atoms. The number of aliphatic hydroxyl groups is 1. The third-order valence-electron chi connectivity index (χ3n) is 11.8. The van der Waals surface area contributed by atoms with Crippen molar-refractivity contribution in [1.82, 2.24) is 0 Å². The van der Waals surface area contributed by atoms with Crippen molar-refractivity contribution >= 4 is 11.8 Å². The van der Waals surface area contributed by atoms with E-state index in [2.05, 4.69) is 54.5 Å². The van der Waals surface area contributed by atoms with E-state index < -0.39 is 11.4 Å². The van der Waals surface area contributed by atoms with E-state index >= 15 is 0 Å². The third-order valence-corrected chi connectivity index (χ3v) is 11.8. The molecule has 0 aromatic carbocycles. The van der Waals surface area contributed by atoms with E-state index in [9.17, 15) is 19.8 Å². The molecule has 4 aliphatic carbocycles. The molecule has 2 N–H and O–H groups in total. The summed E-state index contributed by atoms with van der Waals surface area (Å²) in [6.45, 7) is 16.1. The summed E-state index contributed by atoms with van der Waals surface area (Å²) in [4.78, 5) is 26.1. The molecule has 0 radical (unpaired) electrons. The number of rotatable bonds is 7. The summed E-state index contributed by atoms with van der Waals surface area (Å²) in [6.07, 6.45) is 8.01. The first-order valence-electron chi connectivity index (χ1n) is 13.9. The largest absolute Gasteiger partial charge is 0.481 e. The van der Waals surface area contributed by atoms with Gasteiger partial charge in [0.05, 0.1) is 12.5 Å². The number of fused-ring (bicyclic) bond motifs is 1. The Morgan fingerprint density at radius 2 is 1.76 bits per heavy atom. The number of carbonyl (C=O) groups excluding carboxylic acids is 1. The smallest absolute Gasteiger partial charge is 0.303 e. The number of hydrogen-bond acceptors (Lipinski definition) is 3. The number of aliphatic hydroxyl groups excluding tert-OH is 1. The summed E-state index contributed by atoms with van der Waals surface area (Å²) < 4.78 is 0. The van der Waals surface area contributed by atoms with Gasteiger partial charge < -0.3 is 10.2 Å². The van der Waals surface area contributed by atoms with Gasteiger partial charge in [0.15, 0.2) is 0 Å². The Kier molecular flexibility index (Phi) is 6.67. The van der Waals surface area contributed by atoms with Gasteiger partial charge in [-0.05, 0) is 98.2 Å². The zero-order valence-electron chi connectivity index (χ0n) is 22.6.